The Hall–Kier alpha value is -3.15. The van der Waals surface area contributed by atoms with Gasteiger partial charge in [-0.3, -0.25) is 14.4 Å². The summed E-state index contributed by atoms with van der Waals surface area (Å²) in [5.41, 5.74) is 0. The Bertz CT molecular complexity index is 1390. The van der Waals surface area contributed by atoms with E-state index in [9.17, 15) is 14.4 Å². The van der Waals surface area contributed by atoms with Gasteiger partial charge >= 0.3 is 17.9 Å². The molecule has 1 atom stereocenters. The van der Waals surface area contributed by atoms with Crippen molar-refractivity contribution in [1.82, 2.24) is 0 Å². The standard InChI is InChI=1S/C69H122O6/c1-4-7-10-13-16-19-22-25-28-30-31-32-33-34-35-36-37-39-41-44-47-50-53-56-59-62-68(71)74-65-66(64-73-67(70)61-58-55-52-49-46-43-40-27-24-21-18-15-12-9-6-3)75-69(72)63-60-57-54-51-48-45-42-38-29-26-23-20-17-14-11-8-5-2/h9,12,18,21-22,25-27,29-31,40,66H,4-8,10-11,13-17,19-20,23-24,28,32-39,41-65H2,1-3H3/b12-9-,21-18-,25-22-,29-26-,31-30-,40-27-. The van der Waals surface area contributed by atoms with Gasteiger partial charge in [0.05, 0.1) is 0 Å². The molecule has 6 nitrogen and oxygen atoms in total. The monoisotopic (exact) mass is 1050 g/mol. The van der Waals surface area contributed by atoms with Gasteiger partial charge in [-0.2, -0.15) is 0 Å². The molecule has 0 aliphatic carbocycles. The number of rotatable bonds is 59. The second-order valence-electron chi connectivity index (χ2n) is 21.6. The smallest absolute Gasteiger partial charge is 0.306 e. The molecule has 0 amide bonds. The molecule has 0 aromatic heterocycles. The Morgan fingerprint density at radius 2 is 0.520 bits per heavy atom. The van der Waals surface area contributed by atoms with Crippen LogP contribution in [-0.4, -0.2) is 37.2 Å². The molecule has 1 unspecified atom stereocenters. The van der Waals surface area contributed by atoms with Crippen LogP contribution in [0.3, 0.4) is 0 Å². The molecule has 0 bridgehead atoms. The fourth-order valence-corrected chi connectivity index (χ4v) is 9.31. The highest BCUT2D eigenvalue weighted by Gasteiger charge is 2.19. The molecule has 0 aromatic carbocycles. The highest BCUT2D eigenvalue weighted by molar-refractivity contribution is 5.71. The molecule has 0 saturated heterocycles. The van der Waals surface area contributed by atoms with Crippen molar-refractivity contribution in [2.45, 2.75) is 335 Å². The number of esters is 3. The lowest BCUT2D eigenvalue weighted by atomic mass is 10.0. The van der Waals surface area contributed by atoms with Crippen LogP contribution in [0.25, 0.3) is 0 Å². The van der Waals surface area contributed by atoms with Gasteiger partial charge in [-0.15, -0.1) is 0 Å². The van der Waals surface area contributed by atoms with E-state index >= 15 is 0 Å². The maximum absolute atomic E-state index is 12.9. The second kappa shape index (κ2) is 63.4. The summed E-state index contributed by atoms with van der Waals surface area (Å²) < 4.78 is 16.9. The van der Waals surface area contributed by atoms with Gasteiger partial charge in [0.25, 0.3) is 0 Å². The summed E-state index contributed by atoms with van der Waals surface area (Å²) in [6, 6.07) is 0. The summed E-state index contributed by atoms with van der Waals surface area (Å²) in [4.78, 5) is 38.3. The van der Waals surface area contributed by atoms with Gasteiger partial charge in [-0.1, -0.05) is 273 Å². The number of hydrogen-bond acceptors (Lipinski definition) is 6. The molecule has 0 radical (unpaired) electrons. The highest BCUT2D eigenvalue weighted by atomic mass is 16.6. The Morgan fingerprint density at radius 1 is 0.280 bits per heavy atom. The number of carbonyl (C=O) groups is 3. The largest absolute Gasteiger partial charge is 0.462 e. The summed E-state index contributed by atoms with van der Waals surface area (Å²) in [7, 11) is 0. The van der Waals surface area contributed by atoms with Crippen LogP contribution in [0.2, 0.25) is 0 Å². The molecule has 0 aromatic rings. The molecule has 0 spiro atoms. The minimum absolute atomic E-state index is 0.0814. The fraction of sp³-hybridized carbons (Fsp3) is 0.783. The van der Waals surface area contributed by atoms with E-state index in [0.717, 1.165) is 103 Å². The molecule has 0 aliphatic rings. The molecular formula is C69H122O6. The number of hydrogen-bond donors (Lipinski definition) is 0. The first kappa shape index (κ1) is 71.8. The summed E-state index contributed by atoms with van der Waals surface area (Å²) in [5, 5.41) is 0. The SMILES string of the molecule is CC/C=C\C/C=C\C/C=C\CCCCCCCC(=O)OCC(COC(=O)CCCCCCCCCCCCCCC/C=C\C/C=C\CCCCCCC)OC(=O)CCCCCCCCC/C=C\CCCCCCCC. The van der Waals surface area contributed by atoms with Crippen molar-refractivity contribution < 1.29 is 28.6 Å². The molecule has 0 rings (SSSR count). The molecule has 0 heterocycles. The van der Waals surface area contributed by atoms with Gasteiger partial charge in [-0.25, -0.2) is 0 Å². The molecular weight excluding hydrogens is 925 g/mol. The van der Waals surface area contributed by atoms with Crippen molar-refractivity contribution in [2.24, 2.45) is 0 Å². The molecule has 0 aliphatic heterocycles. The van der Waals surface area contributed by atoms with Gasteiger partial charge in [0.15, 0.2) is 6.10 Å². The van der Waals surface area contributed by atoms with E-state index in [1.165, 1.54) is 186 Å². The van der Waals surface area contributed by atoms with E-state index < -0.39 is 6.10 Å². The zero-order chi connectivity index (χ0) is 54.3. The maximum Gasteiger partial charge on any atom is 0.306 e. The minimum atomic E-state index is -0.786. The first-order valence-corrected chi connectivity index (χ1v) is 32.4. The minimum Gasteiger partial charge on any atom is -0.462 e. The number of ether oxygens (including phenoxy) is 3. The first-order chi connectivity index (χ1) is 37.0. The van der Waals surface area contributed by atoms with Gasteiger partial charge in [0.2, 0.25) is 0 Å². The lowest BCUT2D eigenvalue weighted by molar-refractivity contribution is -0.167. The zero-order valence-corrected chi connectivity index (χ0v) is 49.8. The van der Waals surface area contributed by atoms with E-state index in [2.05, 4.69) is 93.7 Å². The van der Waals surface area contributed by atoms with Crippen molar-refractivity contribution in [3.8, 4) is 0 Å². The third-order valence-electron chi connectivity index (χ3n) is 14.2. The zero-order valence-electron chi connectivity index (χ0n) is 49.8. The molecule has 434 valence electrons. The molecule has 0 fully saturated rings. The van der Waals surface area contributed by atoms with Crippen LogP contribution in [0, 0.1) is 0 Å². The van der Waals surface area contributed by atoms with E-state index in [4.69, 9.17) is 14.2 Å². The first-order valence-electron chi connectivity index (χ1n) is 32.4. The number of carbonyl (C=O) groups excluding carboxylic acids is 3. The van der Waals surface area contributed by atoms with Gasteiger partial charge in [-0.05, 0) is 109 Å². The summed E-state index contributed by atoms with van der Waals surface area (Å²) in [5.74, 6) is -0.889. The van der Waals surface area contributed by atoms with Crippen LogP contribution < -0.4 is 0 Å². The Labute approximate surface area is 465 Å². The third kappa shape index (κ3) is 61.6. The molecule has 0 saturated carbocycles. The van der Waals surface area contributed by atoms with E-state index in [0.29, 0.717) is 19.3 Å². The molecule has 6 heteroatoms. The summed E-state index contributed by atoms with van der Waals surface area (Å²) in [6.07, 6.45) is 81.9. The van der Waals surface area contributed by atoms with Crippen molar-refractivity contribution in [3.05, 3.63) is 72.9 Å². The van der Waals surface area contributed by atoms with Gasteiger partial charge < -0.3 is 14.2 Å². The molecule has 75 heavy (non-hydrogen) atoms. The van der Waals surface area contributed by atoms with Crippen LogP contribution in [0.5, 0.6) is 0 Å². The van der Waals surface area contributed by atoms with Crippen molar-refractivity contribution >= 4 is 17.9 Å². The van der Waals surface area contributed by atoms with Crippen molar-refractivity contribution in [3.63, 3.8) is 0 Å². The Morgan fingerprint density at radius 3 is 0.827 bits per heavy atom. The lowest BCUT2D eigenvalue weighted by Gasteiger charge is -2.18. The normalized spacial score (nSPS) is 12.5. The van der Waals surface area contributed by atoms with E-state index in [1.807, 2.05) is 0 Å². The maximum atomic E-state index is 12.9. The van der Waals surface area contributed by atoms with Crippen LogP contribution in [0.1, 0.15) is 329 Å². The van der Waals surface area contributed by atoms with Crippen LogP contribution in [0.15, 0.2) is 72.9 Å². The number of allylic oxidation sites excluding steroid dienone is 12. The number of unbranched alkanes of at least 4 members (excludes halogenated alkanes) is 36. The average Bonchev–Trinajstić information content (AvgIpc) is 3.41. The topological polar surface area (TPSA) is 78.9 Å². The fourth-order valence-electron chi connectivity index (χ4n) is 9.31. The van der Waals surface area contributed by atoms with E-state index in [-0.39, 0.29) is 31.1 Å². The van der Waals surface area contributed by atoms with Crippen LogP contribution in [-0.2, 0) is 28.6 Å². The summed E-state index contributed by atoms with van der Waals surface area (Å²) >= 11 is 0. The van der Waals surface area contributed by atoms with Gasteiger partial charge in [0.1, 0.15) is 13.2 Å². The third-order valence-corrected chi connectivity index (χ3v) is 14.2. The Balaban J connectivity index is 4.31. The predicted molar refractivity (Wildman–Crippen MR) is 325 cm³/mol. The predicted octanol–water partition coefficient (Wildman–Crippen LogP) is 22.1. The van der Waals surface area contributed by atoms with Crippen LogP contribution in [0.4, 0.5) is 0 Å². The highest BCUT2D eigenvalue weighted by Crippen LogP contribution is 2.16. The van der Waals surface area contributed by atoms with E-state index in [1.54, 1.807) is 0 Å². The molecule has 0 N–H and O–H groups in total. The average molecular weight is 1050 g/mol. The van der Waals surface area contributed by atoms with Gasteiger partial charge in [0, 0.05) is 19.3 Å². The van der Waals surface area contributed by atoms with Crippen LogP contribution >= 0.6 is 0 Å². The summed E-state index contributed by atoms with van der Waals surface area (Å²) in [6.45, 7) is 6.53. The van der Waals surface area contributed by atoms with Crippen molar-refractivity contribution in [1.29, 1.82) is 0 Å². The second-order valence-corrected chi connectivity index (χ2v) is 21.6. The Kier molecular flexibility index (Phi) is 60.7. The van der Waals surface area contributed by atoms with Crippen molar-refractivity contribution in [2.75, 3.05) is 13.2 Å². The quantitative estimate of drug-likeness (QED) is 0.0261. The lowest BCUT2D eigenvalue weighted by Crippen LogP contribution is -2.30.